The van der Waals surface area contributed by atoms with Gasteiger partial charge in [0.2, 0.25) is 0 Å². The highest BCUT2D eigenvalue weighted by atomic mass is 16.5. The molecule has 3 N–H and O–H groups in total. The van der Waals surface area contributed by atoms with Crippen molar-refractivity contribution >= 4 is 22.6 Å². The molecule has 1 amide bonds. The molecule has 0 spiro atoms. The third-order valence-electron chi connectivity index (χ3n) is 7.82. The summed E-state index contributed by atoms with van der Waals surface area (Å²) in [5.74, 6) is 1.62. The average molecular weight is 550 g/mol. The van der Waals surface area contributed by atoms with Gasteiger partial charge in [0.1, 0.15) is 23.1 Å². The Kier molecular flexibility index (Phi) is 7.77. The van der Waals surface area contributed by atoms with Crippen LogP contribution in [0.1, 0.15) is 32.4 Å². The summed E-state index contributed by atoms with van der Waals surface area (Å²) >= 11 is 0. The lowest BCUT2D eigenvalue weighted by Gasteiger charge is -2.30. The maximum Gasteiger partial charge on any atom is 0.264 e. The average Bonchev–Trinajstić information content (AvgIpc) is 3.58. The molecule has 9 heteroatoms. The quantitative estimate of drug-likeness (QED) is 0.225. The standard InChI is InChI=1S/C32H35N7O2/c1-32(2,38(3)4)19-22(20-33)31(40)39-16-8-9-24(39)17-23-18-27-28(30(34)37-36-27)29(35-23)21-12-14-26(15-13-21)41-25-10-6-5-7-11-25/h5-7,10-15,18-19,24H,8-9,16-17H2,1-4H3,(H3,34,36,37). The van der Waals surface area contributed by atoms with Crippen LogP contribution in [0.25, 0.3) is 22.2 Å². The van der Waals surface area contributed by atoms with Crippen molar-refractivity contribution < 1.29 is 9.53 Å². The molecule has 41 heavy (non-hydrogen) atoms. The van der Waals surface area contributed by atoms with E-state index >= 15 is 0 Å². The lowest BCUT2D eigenvalue weighted by molar-refractivity contribution is -0.127. The minimum absolute atomic E-state index is 0.0681. The SMILES string of the molecule is CN(C)C(C)(C)C=C(C#N)C(=O)N1CCCC1Cc1cc2[nH]nc(N)c2c(-c2ccc(Oc3ccccc3)cc2)n1. The van der Waals surface area contributed by atoms with Crippen molar-refractivity contribution in [3.05, 3.63) is 78.0 Å². The first-order chi connectivity index (χ1) is 19.7. The predicted molar refractivity (Wildman–Crippen MR) is 160 cm³/mol. The number of rotatable bonds is 8. The van der Waals surface area contributed by atoms with Gasteiger partial charge in [-0.3, -0.25) is 14.9 Å². The number of carbonyl (C=O) groups is 1. The second-order valence-corrected chi connectivity index (χ2v) is 11.1. The van der Waals surface area contributed by atoms with Crippen LogP contribution in [0.3, 0.4) is 0 Å². The third-order valence-corrected chi connectivity index (χ3v) is 7.82. The van der Waals surface area contributed by atoms with E-state index in [1.807, 2.05) is 98.4 Å². The first-order valence-electron chi connectivity index (χ1n) is 13.7. The van der Waals surface area contributed by atoms with Crippen LogP contribution in [0.2, 0.25) is 0 Å². The van der Waals surface area contributed by atoms with E-state index in [0.717, 1.165) is 46.4 Å². The number of aromatic amines is 1. The number of anilines is 1. The summed E-state index contributed by atoms with van der Waals surface area (Å²) in [6.45, 7) is 4.58. The molecule has 1 aliphatic rings. The fraction of sp³-hybridized carbons (Fsp3) is 0.312. The number of H-pyrrole nitrogens is 1. The predicted octanol–water partition coefficient (Wildman–Crippen LogP) is 5.32. The number of para-hydroxylation sites is 1. The first kappa shape index (κ1) is 27.9. The molecule has 0 aliphatic carbocycles. The second kappa shape index (κ2) is 11.4. The number of nitriles is 1. The molecule has 5 rings (SSSR count). The van der Waals surface area contributed by atoms with Crippen LogP contribution >= 0.6 is 0 Å². The molecule has 2 aromatic heterocycles. The van der Waals surface area contributed by atoms with Crippen LogP contribution in [0.4, 0.5) is 5.82 Å². The van der Waals surface area contributed by atoms with Crippen molar-refractivity contribution in [3.63, 3.8) is 0 Å². The number of benzene rings is 2. The van der Waals surface area contributed by atoms with Gasteiger partial charge in [0.05, 0.1) is 16.6 Å². The van der Waals surface area contributed by atoms with Gasteiger partial charge in [-0.15, -0.1) is 0 Å². The van der Waals surface area contributed by atoms with E-state index < -0.39 is 5.54 Å². The zero-order chi connectivity index (χ0) is 29.1. The molecule has 0 saturated carbocycles. The molecule has 0 bridgehead atoms. The number of likely N-dealkylation sites (tertiary alicyclic amines) is 1. The number of amides is 1. The van der Waals surface area contributed by atoms with E-state index in [4.69, 9.17) is 15.5 Å². The van der Waals surface area contributed by atoms with Gasteiger partial charge in [-0.25, -0.2) is 0 Å². The molecule has 1 saturated heterocycles. The number of nitrogens with two attached hydrogens (primary N) is 1. The molecular weight excluding hydrogens is 514 g/mol. The number of hydrogen-bond acceptors (Lipinski definition) is 7. The molecule has 3 heterocycles. The van der Waals surface area contributed by atoms with Crippen molar-refractivity contribution in [2.45, 2.75) is 44.7 Å². The van der Waals surface area contributed by atoms with Crippen molar-refractivity contribution in [3.8, 4) is 28.8 Å². The molecule has 1 atom stereocenters. The molecule has 4 aromatic rings. The Bertz CT molecular complexity index is 1620. The van der Waals surface area contributed by atoms with Crippen LogP contribution in [-0.2, 0) is 11.2 Å². The number of aromatic nitrogens is 3. The van der Waals surface area contributed by atoms with Gasteiger partial charge < -0.3 is 20.3 Å². The zero-order valence-electron chi connectivity index (χ0n) is 23.9. The van der Waals surface area contributed by atoms with Gasteiger partial charge in [-0.1, -0.05) is 18.2 Å². The largest absolute Gasteiger partial charge is 0.457 e. The Morgan fingerprint density at radius 3 is 2.59 bits per heavy atom. The van der Waals surface area contributed by atoms with Crippen LogP contribution in [0, 0.1) is 11.3 Å². The second-order valence-electron chi connectivity index (χ2n) is 11.1. The van der Waals surface area contributed by atoms with Gasteiger partial charge in [0.25, 0.3) is 5.91 Å². The molecule has 1 fully saturated rings. The summed E-state index contributed by atoms with van der Waals surface area (Å²) in [4.78, 5) is 22.3. The summed E-state index contributed by atoms with van der Waals surface area (Å²) in [5.41, 5.74) is 9.18. The number of hydrogen-bond donors (Lipinski definition) is 2. The van der Waals surface area contributed by atoms with Gasteiger partial charge in [0, 0.05) is 35.8 Å². The molecule has 0 radical (unpaired) electrons. The number of pyridine rings is 1. The first-order valence-corrected chi connectivity index (χ1v) is 13.7. The maximum absolute atomic E-state index is 13.5. The Labute approximate surface area is 240 Å². The van der Waals surface area contributed by atoms with E-state index in [-0.39, 0.29) is 17.5 Å². The fourth-order valence-electron chi connectivity index (χ4n) is 5.08. The van der Waals surface area contributed by atoms with Crippen molar-refractivity contribution in [1.29, 1.82) is 5.26 Å². The molecular formula is C32H35N7O2. The van der Waals surface area contributed by atoms with Gasteiger partial charge >= 0.3 is 0 Å². The number of carbonyl (C=O) groups excluding carboxylic acids is 1. The fourth-order valence-corrected chi connectivity index (χ4v) is 5.08. The van der Waals surface area contributed by atoms with Crippen LogP contribution < -0.4 is 10.5 Å². The van der Waals surface area contributed by atoms with E-state index in [1.54, 1.807) is 6.08 Å². The highest BCUT2D eigenvalue weighted by Gasteiger charge is 2.32. The number of nitrogens with one attached hydrogen (secondary N) is 1. The Morgan fingerprint density at radius 1 is 1.20 bits per heavy atom. The molecule has 210 valence electrons. The van der Waals surface area contributed by atoms with Gasteiger partial charge in [-0.05, 0) is 89.3 Å². The number of nitrogens with zero attached hydrogens (tertiary/aromatic N) is 5. The van der Waals surface area contributed by atoms with E-state index in [2.05, 4.69) is 16.3 Å². The Hall–Kier alpha value is -4.68. The van der Waals surface area contributed by atoms with Crippen LogP contribution in [0.5, 0.6) is 11.5 Å². The third kappa shape index (κ3) is 5.93. The number of fused-ring (bicyclic) bond motifs is 1. The maximum atomic E-state index is 13.5. The minimum Gasteiger partial charge on any atom is -0.457 e. The number of ether oxygens (including phenoxy) is 1. The summed E-state index contributed by atoms with van der Waals surface area (Å²) in [7, 11) is 3.86. The highest BCUT2D eigenvalue weighted by Crippen LogP contribution is 2.33. The topological polar surface area (TPSA) is 124 Å². The summed E-state index contributed by atoms with van der Waals surface area (Å²) in [5, 5.41) is 17.8. The lowest BCUT2D eigenvalue weighted by atomic mass is 9.99. The number of likely N-dealkylation sites (N-methyl/N-ethyl adjacent to an activating group) is 1. The van der Waals surface area contributed by atoms with Gasteiger partial charge in [0.15, 0.2) is 5.82 Å². The smallest absolute Gasteiger partial charge is 0.264 e. The van der Waals surface area contributed by atoms with Gasteiger partial charge in [-0.2, -0.15) is 10.4 Å². The van der Waals surface area contributed by atoms with Crippen LogP contribution in [-0.4, -0.2) is 63.1 Å². The lowest BCUT2D eigenvalue weighted by Crippen LogP contribution is -2.40. The number of nitrogen functional groups attached to an aromatic ring is 1. The molecule has 1 unspecified atom stereocenters. The zero-order valence-corrected chi connectivity index (χ0v) is 23.9. The van der Waals surface area contributed by atoms with E-state index in [1.165, 1.54) is 0 Å². The molecule has 2 aromatic carbocycles. The van der Waals surface area contributed by atoms with Crippen LogP contribution in [0.15, 0.2) is 72.3 Å². The Morgan fingerprint density at radius 2 is 1.90 bits per heavy atom. The molecule has 9 nitrogen and oxygen atoms in total. The molecule has 1 aliphatic heterocycles. The highest BCUT2D eigenvalue weighted by molar-refractivity contribution is 6.00. The minimum atomic E-state index is -0.431. The van der Waals surface area contributed by atoms with E-state index in [9.17, 15) is 10.1 Å². The summed E-state index contributed by atoms with van der Waals surface area (Å²) in [6.07, 6.45) is 4.03. The van der Waals surface area contributed by atoms with E-state index in [0.29, 0.717) is 24.5 Å². The Balaban J connectivity index is 1.42. The summed E-state index contributed by atoms with van der Waals surface area (Å²) in [6, 6.07) is 21.4. The van der Waals surface area contributed by atoms with Crippen molar-refractivity contribution in [1.82, 2.24) is 25.0 Å². The van der Waals surface area contributed by atoms with Crippen molar-refractivity contribution in [2.24, 2.45) is 0 Å². The monoisotopic (exact) mass is 549 g/mol. The van der Waals surface area contributed by atoms with Crippen molar-refractivity contribution in [2.75, 3.05) is 26.4 Å². The summed E-state index contributed by atoms with van der Waals surface area (Å²) < 4.78 is 5.95. The normalized spacial score (nSPS) is 15.9.